The predicted molar refractivity (Wildman–Crippen MR) is 55.3 cm³/mol. The van der Waals surface area contributed by atoms with E-state index in [1.54, 1.807) is 0 Å². The molecule has 1 aromatic heterocycles. The van der Waals surface area contributed by atoms with Crippen LogP contribution in [0.4, 0.5) is 6.01 Å². The van der Waals surface area contributed by atoms with Crippen molar-refractivity contribution in [3.8, 4) is 0 Å². The van der Waals surface area contributed by atoms with Gasteiger partial charge in [0.2, 0.25) is 0 Å². The first-order valence-electron chi connectivity index (χ1n) is 4.81. The molecule has 80 valence electrons. The van der Waals surface area contributed by atoms with Crippen molar-refractivity contribution in [3.05, 3.63) is 5.82 Å². The van der Waals surface area contributed by atoms with Crippen molar-refractivity contribution in [2.75, 3.05) is 18.5 Å². The molecular formula is C9H18N4O. The highest BCUT2D eigenvalue weighted by molar-refractivity contribution is 5.23. The van der Waals surface area contributed by atoms with Gasteiger partial charge in [0.25, 0.3) is 0 Å². The number of nitrogens with two attached hydrogens (primary N) is 1. The molecule has 0 saturated carbocycles. The summed E-state index contributed by atoms with van der Waals surface area (Å²) < 4.78 is 5.10. The largest absolute Gasteiger partial charge is 0.326 e. The molecule has 0 aliphatic carbocycles. The average Bonchev–Trinajstić information content (AvgIpc) is 2.50. The molecule has 0 spiro atoms. The first-order valence-corrected chi connectivity index (χ1v) is 4.81. The fourth-order valence-corrected chi connectivity index (χ4v) is 1.13. The molecule has 1 unspecified atom stereocenters. The first kappa shape index (κ1) is 11.0. The third-order valence-corrected chi connectivity index (χ3v) is 1.84. The fraction of sp³-hybridized carbons (Fsp3) is 0.778. The minimum absolute atomic E-state index is 0.0920. The number of hydrogen-bond acceptors (Lipinski definition) is 5. The average molecular weight is 198 g/mol. The van der Waals surface area contributed by atoms with E-state index >= 15 is 0 Å². The van der Waals surface area contributed by atoms with Crippen LogP contribution in [0.2, 0.25) is 0 Å². The number of hydrogen-bond donors (Lipinski definition) is 1. The van der Waals surface area contributed by atoms with Gasteiger partial charge in [-0.15, -0.1) is 0 Å². The van der Waals surface area contributed by atoms with Gasteiger partial charge in [0.05, 0.1) is 0 Å². The van der Waals surface area contributed by atoms with E-state index in [1.807, 2.05) is 32.7 Å². The van der Waals surface area contributed by atoms with Gasteiger partial charge in [-0.05, 0) is 6.92 Å². The Balaban J connectivity index is 2.66. The third kappa shape index (κ3) is 2.70. The molecule has 0 aliphatic rings. The van der Waals surface area contributed by atoms with E-state index in [1.165, 1.54) is 0 Å². The summed E-state index contributed by atoms with van der Waals surface area (Å²) in [4.78, 5) is 6.12. The van der Waals surface area contributed by atoms with Crippen molar-refractivity contribution in [1.29, 1.82) is 0 Å². The lowest BCUT2D eigenvalue weighted by Gasteiger charge is -2.15. The maximum Gasteiger partial charge on any atom is 0.323 e. The fourth-order valence-electron chi connectivity index (χ4n) is 1.13. The van der Waals surface area contributed by atoms with Crippen LogP contribution in [0.15, 0.2) is 4.52 Å². The Morgan fingerprint density at radius 3 is 2.50 bits per heavy atom. The second-order valence-corrected chi connectivity index (χ2v) is 3.95. The van der Waals surface area contributed by atoms with E-state index in [0.717, 1.165) is 5.82 Å². The summed E-state index contributed by atoms with van der Waals surface area (Å²) in [5.41, 5.74) is 5.67. The van der Waals surface area contributed by atoms with Crippen molar-refractivity contribution in [2.45, 2.75) is 32.7 Å². The van der Waals surface area contributed by atoms with Gasteiger partial charge in [-0.1, -0.05) is 19.0 Å². The van der Waals surface area contributed by atoms with Gasteiger partial charge < -0.3 is 15.2 Å². The minimum atomic E-state index is 0.0920. The number of aromatic nitrogens is 2. The lowest BCUT2D eigenvalue weighted by Crippen LogP contribution is -2.32. The third-order valence-electron chi connectivity index (χ3n) is 1.84. The lowest BCUT2D eigenvalue weighted by atomic mass is 10.2. The molecule has 1 heterocycles. The van der Waals surface area contributed by atoms with E-state index in [-0.39, 0.29) is 12.0 Å². The molecule has 0 radical (unpaired) electrons. The second-order valence-electron chi connectivity index (χ2n) is 3.95. The molecule has 14 heavy (non-hydrogen) atoms. The van der Waals surface area contributed by atoms with Gasteiger partial charge in [-0.3, -0.25) is 0 Å². The summed E-state index contributed by atoms with van der Waals surface area (Å²) in [6.45, 7) is 6.70. The maximum absolute atomic E-state index is 5.67. The molecule has 0 amide bonds. The lowest BCUT2D eigenvalue weighted by molar-refractivity contribution is 0.406. The summed E-state index contributed by atoms with van der Waals surface area (Å²) in [7, 11) is 1.89. The summed E-state index contributed by atoms with van der Waals surface area (Å²) in [5.74, 6) is 1.02. The number of anilines is 1. The molecule has 0 aromatic carbocycles. The Morgan fingerprint density at radius 2 is 2.07 bits per heavy atom. The highest BCUT2D eigenvalue weighted by Crippen LogP contribution is 2.14. The van der Waals surface area contributed by atoms with E-state index in [2.05, 4.69) is 10.1 Å². The van der Waals surface area contributed by atoms with E-state index < -0.39 is 0 Å². The quantitative estimate of drug-likeness (QED) is 0.781. The Morgan fingerprint density at radius 1 is 1.43 bits per heavy atom. The van der Waals surface area contributed by atoms with Crippen LogP contribution in [-0.2, 0) is 0 Å². The van der Waals surface area contributed by atoms with Gasteiger partial charge in [0, 0.05) is 25.6 Å². The number of likely N-dealkylation sites (N-methyl/N-ethyl adjacent to an activating group) is 1. The molecule has 1 rings (SSSR count). The monoisotopic (exact) mass is 198 g/mol. The van der Waals surface area contributed by atoms with E-state index in [9.17, 15) is 0 Å². The van der Waals surface area contributed by atoms with Crippen LogP contribution >= 0.6 is 0 Å². The Bertz CT molecular complexity index is 282. The molecule has 2 N–H and O–H groups in total. The van der Waals surface area contributed by atoms with Crippen LogP contribution in [0.5, 0.6) is 0 Å². The first-order chi connectivity index (χ1) is 6.50. The van der Waals surface area contributed by atoms with Crippen LogP contribution in [0.3, 0.4) is 0 Å². The zero-order chi connectivity index (χ0) is 10.7. The predicted octanol–water partition coefficient (Wildman–Crippen LogP) is 0.976. The zero-order valence-electron chi connectivity index (χ0n) is 9.19. The topological polar surface area (TPSA) is 68.2 Å². The summed E-state index contributed by atoms with van der Waals surface area (Å²) >= 11 is 0. The van der Waals surface area contributed by atoms with Gasteiger partial charge in [-0.25, -0.2) is 0 Å². The highest BCUT2D eigenvalue weighted by atomic mass is 16.5. The maximum atomic E-state index is 5.67. The van der Waals surface area contributed by atoms with Crippen molar-refractivity contribution < 1.29 is 4.52 Å². The summed E-state index contributed by atoms with van der Waals surface area (Å²) in [6.07, 6.45) is 0. The van der Waals surface area contributed by atoms with Gasteiger partial charge in [0.1, 0.15) is 0 Å². The molecule has 1 aromatic rings. The molecule has 0 fully saturated rings. The van der Waals surface area contributed by atoms with Crippen LogP contribution < -0.4 is 10.6 Å². The molecule has 5 heteroatoms. The van der Waals surface area contributed by atoms with E-state index in [0.29, 0.717) is 12.6 Å². The van der Waals surface area contributed by atoms with Crippen molar-refractivity contribution in [3.63, 3.8) is 0 Å². The van der Waals surface area contributed by atoms with Gasteiger partial charge >= 0.3 is 6.01 Å². The second kappa shape index (κ2) is 4.41. The molecule has 0 aliphatic heterocycles. The van der Waals surface area contributed by atoms with Crippen molar-refractivity contribution in [2.24, 2.45) is 5.73 Å². The smallest absolute Gasteiger partial charge is 0.323 e. The molecule has 0 bridgehead atoms. The summed E-state index contributed by atoms with van der Waals surface area (Å²) in [6, 6.07) is 0.625. The van der Waals surface area contributed by atoms with Crippen LogP contribution in [0, 0.1) is 0 Å². The Labute approximate surface area is 84.3 Å². The van der Waals surface area contributed by atoms with Crippen molar-refractivity contribution >= 4 is 6.01 Å². The van der Waals surface area contributed by atoms with Gasteiger partial charge in [0.15, 0.2) is 5.82 Å². The highest BCUT2D eigenvalue weighted by Gasteiger charge is 2.13. The van der Waals surface area contributed by atoms with Gasteiger partial charge in [-0.2, -0.15) is 4.98 Å². The molecule has 5 nitrogen and oxygen atoms in total. The van der Waals surface area contributed by atoms with Crippen molar-refractivity contribution in [1.82, 2.24) is 10.1 Å². The number of nitrogens with zero attached hydrogens (tertiary/aromatic N) is 3. The van der Waals surface area contributed by atoms with E-state index in [4.69, 9.17) is 10.3 Å². The molecular weight excluding hydrogens is 180 g/mol. The molecule has 1 atom stereocenters. The zero-order valence-corrected chi connectivity index (χ0v) is 9.19. The van der Waals surface area contributed by atoms with Crippen LogP contribution in [-0.4, -0.2) is 29.8 Å². The summed E-state index contributed by atoms with van der Waals surface area (Å²) in [5, 5.41) is 3.88. The molecule has 0 saturated heterocycles. The van der Waals surface area contributed by atoms with Crippen LogP contribution in [0.1, 0.15) is 32.5 Å². The Hall–Kier alpha value is -1.10. The normalized spacial score (nSPS) is 13.3. The Kier molecular flexibility index (Phi) is 3.46. The standard InChI is InChI=1S/C9H18N4O/c1-6(2)8-11-9(14-12-8)13(4)5-7(3)10/h6-7H,5,10H2,1-4H3. The number of rotatable bonds is 4. The SMILES string of the molecule is CC(N)CN(C)c1nc(C(C)C)no1. The minimum Gasteiger partial charge on any atom is -0.326 e. The van der Waals surface area contributed by atoms with Crippen LogP contribution in [0.25, 0.3) is 0 Å².